The van der Waals surface area contributed by atoms with Gasteiger partial charge in [-0.3, -0.25) is 4.79 Å². The van der Waals surface area contributed by atoms with Gasteiger partial charge >= 0.3 is 5.97 Å². The standard InChI is InChI=1S/C14H19NO2/c16-14(17)8-2-6-11-4-1-5-12-7-3-9-15-10-13(11)12/h1,4-5,15H,2-3,6-10H2,(H,16,17). The zero-order valence-electron chi connectivity index (χ0n) is 10.0. The van der Waals surface area contributed by atoms with Gasteiger partial charge in [-0.2, -0.15) is 0 Å². The number of aryl methyl sites for hydroxylation is 2. The second kappa shape index (κ2) is 5.82. The van der Waals surface area contributed by atoms with Gasteiger partial charge in [-0.15, -0.1) is 0 Å². The van der Waals surface area contributed by atoms with E-state index in [2.05, 4.69) is 23.5 Å². The summed E-state index contributed by atoms with van der Waals surface area (Å²) in [7, 11) is 0. The largest absolute Gasteiger partial charge is 0.481 e. The molecule has 0 spiro atoms. The predicted molar refractivity (Wildman–Crippen MR) is 67.0 cm³/mol. The summed E-state index contributed by atoms with van der Waals surface area (Å²) in [5.74, 6) is -0.704. The topological polar surface area (TPSA) is 49.3 Å². The van der Waals surface area contributed by atoms with Gasteiger partial charge in [0.25, 0.3) is 0 Å². The highest BCUT2D eigenvalue weighted by molar-refractivity contribution is 5.66. The summed E-state index contributed by atoms with van der Waals surface area (Å²) in [4.78, 5) is 10.5. The zero-order chi connectivity index (χ0) is 12.1. The van der Waals surface area contributed by atoms with Crippen LogP contribution in [0, 0.1) is 0 Å². The van der Waals surface area contributed by atoms with Gasteiger partial charge in [0.1, 0.15) is 0 Å². The highest BCUT2D eigenvalue weighted by atomic mass is 16.4. The van der Waals surface area contributed by atoms with Crippen molar-refractivity contribution in [2.75, 3.05) is 6.54 Å². The quantitative estimate of drug-likeness (QED) is 0.837. The molecule has 0 bridgehead atoms. The summed E-state index contributed by atoms with van der Waals surface area (Å²) < 4.78 is 0. The maximum atomic E-state index is 10.5. The molecule has 0 saturated carbocycles. The highest BCUT2D eigenvalue weighted by Gasteiger charge is 2.11. The van der Waals surface area contributed by atoms with E-state index in [9.17, 15) is 4.79 Å². The molecule has 0 unspecified atom stereocenters. The van der Waals surface area contributed by atoms with Crippen molar-refractivity contribution in [3.63, 3.8) is 0 Å². The molecule has 1 aromatic carbocycles. The molecule has 0 fully saturated rings. The van der Waals surface area contributed by atoms with Crippen LogP contribution in [0.2, 0.25) is 0 Å². The molecule has 0 aromatic heterocycles. The molecule has 17 heavy (non-hydrogen) atoms. The molecule has 0 atom stereocenters. The fourth-order valence-corrected chi connectivity index (χ4v) is 2.43. The summed E-state index contributed by atoms with van der Waals surface area (Å²) in [6.45, 7) is 2.00. The number of hydrogen-bond acceptors (Lipinski definition) is 2. The van der Waals surface area contributed by atoms with Crippen molar-refractivity contribution in [1.29, 1.82) is 0 Å². The molecular weight excluding hydrogens is 214 g/mol. The molecule has 0 radical (unpaired) electrons. The molecular formula is C14H19NO2. The molecule has 1 aliphatic heterocycles. The Kier molecular flexibility index (Phi) is 4.15. The van der Waals surface area contributed by atoms with Gasteiger partial charge in [-0.25, -0.2) is 0 Å². The Bertz CT molecular complexity index is 401. The van der Waals surface area contributed by atoms with Crippen molar-refractivity contribution in [1.82, 2.24) is 5.32 Å². The van der Waals surface area contributed by atoms with Crippen LogP contribution >= 0.6 is 0 Å². The lowest BCUT2D eigenvalue weighted by atomic mass is 9.95. The first-order valence-electron chi connectivity index (χ1n) is 6.29. The number of fused-ring (bicyclic) bond motifs is 1. The van der Waals surface area contributed by atoms with E-state index in [1.165, 1.54) is 23.1 Å². The number of carbonyl (C=O) groups is 1. The van der Waals surface area contributed by atoms with Crippen LogP contribution in [0.1, 0.15) is 36.0 Å². The molecule has 2 N–H and O–H groups in total. The van der Waals surface area contributed by atoms with Crippen LogP contribution < -0.4 is 5.32 Å². The molecule has 3 heteroatoms. The van der Waals surface area contributed by atoms with E-state index in [4.69, 9.17) is 5.11 Å². The number of carboxylic acid groups (broad SMARTS) is 1. The molecule has 1 aromatic rings. The van der Waals surface area contributed by atoms with Gasteiger partial charge < -0.3 is 10.4 Å². The summed E-state index contributed by atoms with van der Waals surface area (Å²) in [5, 5.41) is 12.1. The van der Waals surface area contributed by atoms with E-state index >= 15 is 0 Å². The van der Waals surface area contributed by atoms with Gasteiger partial charge in [0.2, 0.25) is 0 Å². The van der Waals surface area contributed by atoms with Crippen LogP contribution in [0.5, 0.6) is 0 Å². The fraction of sp³-hybridized carbons (Fsp3) is 0.500. The lowest BCUT2D eigenvalue weighted by molar-refractivity contribution is -0.137. The first kappa shape index (κ1) is 12.1. The van der Waals surface area contributed by atoms with Crippen LogP contribution in [0.15, 0.2) is 18.2 Å². The second-order valence-corrected chi connectivity index (χ2v) is 4.58. The molecule has 0 amide bonds. The minimum Gasteiger partial charge on any atom is -0.481 e. The molecule has 0 aliphatic carbocycles. The molecule has 3 nitrogen and oxygen atoms in total. The maximum Gasteiger partial charge on any atom is 0.303 e. The third-order valence-electron chi connectivity index (χ3n) is 3.31. The Labute approximate surface area is 102 Å². The van der Waals surface area contributed by atoms with Crippen LogP contribution in [-0.2, 0) is 24.2 Å². The van der Waals surface area contributed by atoms with E-state index in [0.717, 1.165) is 32.4 Å². The Hall–Kier alpha value is -1.35. The van der Waals surface area contributed by atoms with E-state index in [1.54, 1.807) is 0 Å². The molecule has 0 saturated heterocycles. The van der Waals surface area contributed by atoms with Crippen molar-refractivity contribution < 1.29 is 9.90 Å². The fourth-order valence-electron chi connectivity index (χ4n) is 2.43. The Balaban J connectivity index is 2.08. The maximum absolute atomic E-state index is 10.5. The number of rotatable bonds is 4. The third-order valence-corrected chi connectivity index (χ3v) is 3.31. The number of nitrogens with one attached hydrogen (secondary N) is 1. The van der Waals surface area contributed by atoms with Crippen molar-refractivity contribution >= 4 is 5.97 Å². The normalized spacial score (nSPS) is 15.1. The van der Waals surface area contributed by atoms with Crippen molar-refractivity contribution in [2.24, 2.45) is 0 Å². The third kappa shape index (κ3) is 3.30. The summed E-state index contributed by atoms with van der Waals surface area (Å²) in [6, 6.07) is 6.43. The SMILES string of the molecule is O=C(O)CCCc1cccc2c1CNCCC2. The highest BCUT2D eigenvalue weighted by Crippen LogP contribution is 2.20. The van der Waals surface area contributed by atoms with Gasteiger partial charge in [-0.1, -0.05) is 18.2 Å². The van der Waals surface area contributed by atoms with E-state index < -0.39 is 5.97 Å². The zero-order valence-corrected chi connectivity index (χ0v) is 10.0. The van der Waals surface area contributed by atoms with Crippen LogP contribution in [0.25, 0.3) is 0 Å². The van der Waals surface area contributed by atoms with E-state index in [0.29, 0.717) is 0 Å². The van der Waals surface area contributed by atoms with Crippen molar-refractivity contribution in [2.45, 2.75) is 38.6 Å². The first-order chi connectivity index (χ1) is 8.27. The number of carboxylic acids is 1. The summed E-state index contributed by atoms with van der Waals surface area (Å²) >= 11 is 0. The Morgan fingerprint density at radius 1 is 1.41 bits per heavy atom. The smallest absolute Gasteiger partial charge is 0.303 e. The number of aliphatic carboxylic acids is 1. The lowest BCUT2D eigenvalue weighted by Crippen LogP contribution is -2.13. The van der Waals surface area contributed by atoms with Gasteiger partial charge in [0.05, 0.1) is 0 Å². The number of hydrogen-bond donors (Lipinski definition) is 2. The van der Waals surface area contributed by atoms with Gasteiger partial charge in [0, 0.05) is 13.0 Å². The van der Waals surface area contributed by atoms with Crippen molar-refractivity contribution in [3.8, 4) is 0 Å². The minimum atomic E-state index is -0.704. The molecule has 1 aliphatic rings. The van der Waals surface area contributed by atoms with Gasteiger partial charge in [0.15, 0.2) is 0 Å². The molecule has 92 valence electrons. The molecule has 2 rings (SSSR count). The second-order valence-electron chi connectivity index (χ2n) is 4.58. The predicted octanol–water partition coefficient (Wildman–Crippen LogP) is 2.13. The van der Waals surface area contributed by atoms with Crippen LogP contribution in [0.3, 0.4) is 0 Å². The summed E-state index contributed by atoms with van der Waals surface area (Å²) in [5.41, 5.74) is 4.15. The average molecular weight is 233 g/mol. The van der Waals surface area contributed by atoms with Crippen LogP contribution in [-0.4, -0.2) is 17.6 Å². The number of benzene rings is 1. The average Bonchev–Trinajstić information content (AvgIpc) is 2.54. The van der Waals surface area contributed by atoms with Gasteiger partial charge in [-0.05, 0) is 48.9 Å². The van der Waals surface area contributed by atoms with E-state index in [1.807, 2.05) is 0 Å². The Morgan fingerprint density at radius 2 is 2.29 bits per heavy atom. The first-order valence-corrected chi connectivity index (χ1v) is 6.29. The molecule has 1 heterocycles. The van der Waals surface area contributed by atoms with Crippen LogP contribution in [0.4, 0.5) is 0 Å². The lowest BCUT2D eigenvalue weighted by Gasteiger charge is -2.11. The summed E-state index contributed by atoms with van der Waals surface area (Å²) in [6.07, 6.45) is 4.18. The van der Waals surface area contributed by atoms with E-state index in [-0.39, 0.29) is 6.42 Å². The van der Waals surface area contributed by atoms with Crippen molar-refractivity contribution in [3.05, 3.63) is 34.9 Å². The Morgan fingerprint density at radius 3 is 3.12 bits per heavy atom. The minimum absolute atomic E-state index is 0.261. The monoisotopic (exact) mass is 233 g/mol.